The molecule has 0 saturated heterocycles. The lowest BCUT2D eigenvalue weighted by atomic mass is 10.00. The van der Waals surface area contributed by atoms with Gasteiger partial charge in [0.15, 0.2) is 0 Å². The summed E-state index contributed by atoms with van der Waals surface area (Å²) in [6.45, 7) is -0.413. The van der Waals surface area contributed by atoms with Gasteiger partial charge in [-0.05, 0) is 12.1 Å². The highest BCUT2D eigenvalue weighted by atomic mass is 35.5. The van der Waals surface area contributed by atoms with Gasteiger partial charge in [0.2, 0.25) is 0 Å². The number of halogens is 4. The van der Waals surface area contributed by atoms with Crippen molar-refractivity contribution >= 4 is 11.6 Å². The molecule has 6 heteroatoms. The standard InChI is InChI=1S/C10H10ClF3O2/c11-7-3-1-2-6(10(12,13)14)9(7)8(16)4-5-15/h1-3,8,15-16H,4-5H2. The number of hydrogen-bond acceptors (Lipinski definition) is 2. The first kappa shape index (κ1) is 13.3. The van der Waals surface area contributed by atoms with Crippen LogP contribution >= 0.6 is 11.6 Å². The van der Waals surface area contributed by atoms with E-state index in [-0.39, 0.29) is 17.0 Å². The predicted molar refractivity (Wildman–Crippen MR) is 53.1 cm³/mol. The van der Waals surface area contributed by atoms with E-state index in [1.807, 2.05) is 0 Å². The molecule has 1 rings (SSSR count). The fourth-order valence-electron chi connectivity index (χ4n) is 1.39. The molecule has 2 N–H and O–H groups in total. The van der Waals surface area contributed by atoms with Crippen molar-refractivity contribution in [2.24, 2.45) is 0 Å². The smallest absolute Gasteiger partial charge is 0.396 e. The van der Waals surface area contributed by atoms with Gasteiger partial charge in [-0.1, -0.05) is 17.7 Å². The molecule has 0 radical (unpaired) electrons. The summed E-state index contributed by atoms with van der Waals surface area (Å²) in [6, 6.07) is 3.29. The van der Waals surface area contributed by atoms with Gasteiger partial charge in [0, 0.05) is 23.6 Å². The summed E-state index contributed by atoms with van der Waals surface area (Å²) < 4.78 is 37.8. The van der Waals surface area contributed by atoms with Crippen LogP contribution in [0.3, 0.4) is 0 Å². The Kier molecular flexibility index (Phi) is 4.18. The Hall–Kier alpha value is -0.780. The van der Waals surface area contributed by atoms with E-state index >= 15 is 0 Å². The van der Waals surface area contributed by atoms with Crippen LogP contribution in [0.1, 0.15) is 23.7 Å². The third kappa shape index (κ3) is 2.87. The second-order valence-corrected chi connectivity index (χ2v) is 3.63. The minimum absolute atomic E-state index is 0.157. The van der Waals surface area contributed by atoms with E-state index in [1.165, 1.54) is 12.1 Å². The molecule has 0 amide bonds. The summed E-state index contributed by atoms with van der Waals surface area (Å²) in [6.07, 6.45) is -6.18. The Morgan fingerprint density at radius 1 is 1.31 bits per heavy atom. The molecule has 0 saturated carbocycles. The summed E-state index contributed by atoms with van der Waals surface area (Å²) in [5, 5.41) is 17.9. The van der Waals surface area contributed by atoms with E-state index in [4.69, 9.17) is 16.7 Å². The highest BCUT2D eigenvalue weighted by Gasteiger charge is 2.35. The third-order valence-electron chi connectivity index (χ3n) is 2.09. The van der Waals surface area contributed by atoms with Gasteiger partial charge in [0.1, 0.15) is 0 Å². The number of hydrogen-bond donors (Lipinski definition) is 2. The van der Waals surface area contributed by atoms with Gasteiger partial charge in [-0.15, -0.1) is 0 Å². The second kappa shape index (κ2) is 5.03. The van der Waals surface area contributed by atoms with Crippen molar-refractivity contribution in [3.63, 3.8) is 0 Å². The molecule has 0 aliphatic carbocycles. The maximum atomic E-state index is 12.6. The number of rotatable bonds is 3. The van der Waals surface area contributed by atoms with E-state index in [1.54, 1.807) is 0 Å². The molecule has 1 unspecified atom stereocenters. The number of benzene rings is 1. The monoisotopic (exact) mass is 254 g/mol. The van der Waals surface area contributed by atoms with Crippen LogP contribution in [0, 0.1) is 0 Å². The van der Waals surface area contributed by atoms with Crippen molar-refractivity contribution < 1.29 is 23.4 Å². The van der Waals surface area contributed by atoms with Crippen molar-refractivity contribution in [1.29, 1.82) is 0 Å². The molecule has 1 aromatic carbocycles. The van der Waals surface area contributed by atoms with Gasteiger partial charge in [-0.25, -0.2) is 0 Å². The minimum atomic E-state index is -4.57. The fraction of sp³-hybridized carbons (Fsp3) is 0.400. The average molecular weight is 255 g/mol. The molecule has 2 nitrogen and oxygen atoms in total. The molecule has 1 aromatic rings. The quantitative estimate of drug-likeness (QED) is 0.871. The molecule has 1 atom stereocenters. The van der Waals surface area contributed by atoms with Crippen LogP contribution < -0.4 is 0 Å². The molecule has 0 aromatic heterocycles. The Labute approximate surface area is 95.3 Å². The van der Waals surface area contributed by atoms with Gasteiger partial charge in [-0.3, -0.25) is 0 Å². The minimum Gasteiger partial charge on any atom is -0.396 e. The Bertz CT molecular complexity index is 366. The van der Waals surface area contributed by atoms with Crippen LogP contribution in [-0.4, -0.2) is 16.8 Å². The molecule has 0 bridgehead atoms. The van der Waals surface area contributed by atoms with Crippen LogP contribution in [0.25, 0.3) is 0 Å². The van der Waals surface area contributed by atoms with E-state index < -0.39 is 24.5 Å². The van der Waals surface area contributed by atoms with Crippen molar-refractivity contribution in [2.75, 3.05) is 6.61 Å². The van der Waals surface area contributed by atoms with Crippen molar-refractivity contribution in [3.05, 3.63) is 34.3 Å². The molecule has 16 heavy (non-hydrogen) atoms. The first-order valence-corrected chi connectivity index (χ1v) is 4.90. The maximum Gasteiger partial charge on any atom is 0.416 e. The van der Waals surface area contributed by atoms with Gasteiger partial charge >= 0.3 is 6.18 Å². The molecular formula is C10H10ClF3O2. The maximum absolute atomic E-state index is 12.6. The van der Waals surface area contributed by atoms with E-state index in [9.17, 15) is 18.3 Å². The van der Waals surface area contributed by atoms with Crippen LogP contribution in [0.5, 0.6) is 0 Å². The lowest BCUT2D eigenvalue weighted by Gasteiger charge is -2.18. The van der Waals surface area contributed by atoms with Crippen LogP contribution in [0.4, 0.5) is 13.2 Å². The zero-order valence-corrected chi connectivity index (χ0v) is 8.89. The van der Waals surface area contributed by atoms with Gasteiger partial charge < -0.3 is 10.2 Å². The number of alkyl halides is 3. The van der Waals surface area contributed by atoms with Gasteiger partial charge in [0.25, 0.3) is 0 Å². The molecule has 0 fully saturated rings. The van der Waals surface area contributed by atoms with E-state index in [0.29, 0.717) is 0 Å². The SMILES string of the molecule is OCCC(O)c1c(Cl)cccc1C(F)(F)F. The second-order valence-electron chi connectivity index (χ2n) is 3.23. The van der Waals surface area contributed by atoms with Crippen molar-refractivity contribution in [2.45, 2.75) is 18.7 Å². The molecule has 90 valence electrons. The average Bonchev–Trinajstić information content (AvgIpc) is 2.16. The lowest BCUT2D eigenvalue weighted by molar-refractivity contribution is -0.139. The Morgan fingerprint density at radius 3 is 2.44 bits per heavy atom. The molecule has 0 aliphatic rings. The van der Waals surface area contributed by atoms with E-state index in [0.717, 1.165) is 6.07 Å². The van der Waals surface area contributed by atoms with E-state index in [2.05, 4.69) is 0 Å². The van der Waals surface area contributed by atoms with Crippen LogP contribution in [0.15, 0.2) is 18.2 Å². The normalized spacial score (nSPS) is 13.9. The molecular weight excluding hydrogens is 245 g/mol. The molecule has 0 spiro atoms. The van der Waals surface area contributed by atoms with Crippen LogP contribution in [0.2, 0.25) is 5.02 Å². The summed E-state index contributed by atoms with van der Waals surface area (Å²) in [5.41, 5.74) is -1.35. The van der Waals surface area contributed by atoms with Crippen molar-refractivity contribution in [1.82, 2.24) is 0 Å². The first-order valence-electron chi connectivity index (χ1n) is 4.52. The largest absolute Gasteiger partial charge is 0.416 e. The fourth-order valence-corrected chi connectivity index (χ4v) is 1.69. The van der Waals surface area contributed by atoms with Crippen LogP contribution in [-0.2, 0) is 6.18 Å². The molecule has 0 heterocycles. The zero-order valence-electron chi connectivity index (χ0n) is 8.13. The number of aliphatic hydroxyl groups is 2. The number of aliphatic hydroxyl groups excluding tert-OH is 2. The topological polar surface area (TPSA) is 40.5 Å². The summed E-state index contributed by atoms with van der Waals surface area (Å²) in [5.74, 6) is 0. The highest BCUT2D eigenvalue weighted by Crippen LogP contribution is 2.38. The summed E-state index contributed by atoms with van der Waals surface area (Å²) in [7, 11) is 0. The Morgan fingerprint density at radius 2 is 1.94 bits per heavy atom. The predicted octanol–water partition coefficient (Wildman–Crippen LogP) is 2.77. The molecule has 0 aliphatic heterocycles. The summed E-state index contributed by atoms with van der Waals surface area (Å²) >= 11 is 5.62. The summed E-state index contributed by atoms with van der Waals surface area (Å²) in [4.78, 5) is 0. The van der Waals surface area contributed by atoms with Gasteiger partial charge in [-0.2, -0.15) is 13.2 Å². The zero-order chi connectivity index (χ0) is 12.3. The van der Waals surface area contributed by atoms with Gasteiger partial charge in [0.05, 0.1) is 11.7 Å². The lowest BCUT2D eigenvalue weighted by Crippen LogP contribution is -2.13. The highest BCUT2D eigenvalue weighted by molar-refractivity contribution is 6.31. The third-order valence-corrected chi connectivity index (χ3v) is 2.42. The Balaban J connectivity index is 3.24. The first-order chi connectivity index (χ1) is 7.38. The van der Waals surface area contributed by atoms with Crippen molar-refractivity contribution in [3.8, 4) is 0 Å².